The Balaban J connectivity index is 2.03. The molecule has 0 amide bonds. The first-order chi connectivity index (χ1) is 7.40. The highest BCUT2D eigenvalue weighted by Gasteiger charge is 2.35. The molecule has 2 heteroatoms. The van der Waals surface area contributed by atoms with E-state index in [1.165, 1.54) is 24.0 Å². The Morgan fingerprint density at radius 1 is 1.33 bits per heavy atom. The second-order valence-corrected chi connectivity index (χ2v) is 4.55. The molecule has 2 nitrogen and oxygen atoms in total. The number of hydrogen-bond donors (Lipinski definition) is 1. The summed E-state index contributed by atoms with van der Waals surface area (Å²) < 4.78 is 5.43. The van der Waals surface area contributed by atoms with E-state index < -0.39 is 0 Å². The van der Waals surface area contributed by atoms with Crippen LogP contribution in [0.4, 0.5) is 0 Å². The molecule has 3 rings (SSSR count). The summed E-state index contributed by atoms with van der Waals surface area (Å²) >= 11 is 0. The van der Waals surface area contributed by atoms with E-state index in [1.54, 1.807) is 7.11 Å². The van der Waals surface area contributed by atoms with Crippen LogP contribution >= 0.6 is 0 Å². The van der Waals surface area contributed by atoms with Gasteiger partial charge in [-0.25, -0.2) is 0 Å². The van der Waals surface area contributed by atoms with Gasteiger partial charge >= 0.3 is 0 Å². The van der Waals surface area contributed by atoms with Crippen LogP contribution in [0.15, 0.2) is 18.2 Å². The van der Waals surface area contributed by atoms with Crippen molar-refractivity contribution < 1.29 is 4.74 Å². The minimum atomic E-state index is 0.587. The Kier molecular flexibility index (Phi) is 2.17. The van der Waals surface area contributed by atoms with Crippen molar-refractivity contribution in [1.82, 2.24) is 5.32 Å². The largest absolute Gasteiger partial charge is 0.496 e. The molecule has 1 aromatic rings. The summed E-state index contributed by atoms with van der Waals surface area (Å²) in [6.07, 6.45) is 3.87. The molecule has 0 unspecified atom stereocenters. The molecule has 1 atom stereocenters. The van der Waals surface area contributed by atoms with E-state index in [9.17, 15) is 0 Å². The van der Waals surface area contributed by atoms with Crippen LogP contribution in [0.5, 0.6) is 5.75 Å². The smallest absolute Gasteiger partial charge is 0.122 e. The molecule has 1 fully saturated rings. The number of methoxy groups -OCH3 is 1. The Morgan fingerprint density at radius 3 is 2.93 bits per heavy atom. The van der Waals surface area contributed by atoms with Crippen LogP contribution in [-0.2, 0) is 6.42 Å². The molecule has 0 aromatic heterocycles. The van der Waals surface area contributed by atoms with Crippen LogP contribution in [0.2, 0.25) is 0 Å². The topological polar surface area (TPSA) is 21.3 Å². The SMILES string of the molecule is COc1cccc2c1CCN[C@H]2C1CC1. The summed E-state index contributed by atoms with van der Waals surface area (Å²) in [6, 6.07) is 7.03. The minimum Gasteiger partial charge on any atom is -0.496 e. The third kappa shape index (κ3) is 1.53. The maximum atomic E-state index is 5.43. The second-order valence-electron chi connectivity index (χ2n) is 4.55. The summed E-state index contributed by atoms with van der Waals surface area (Å²) in [7, 11) is 1.77. The van der Waals surface area contributed by atoms with Gasteiger partial charge in [-0.3, -0.25) is 0 Å². The number of fused-ring (bicyclic) bond motifs is 1. The van der Waals surface area contributed by atoms with Crippen LogP contribution in [0.25, 0.3) is 0 Å². The number of nitrogens with one attached hydrogen (secondary N) is 1. The van der Waals surface area contributed by atoms with Crippen molar-refractivity contribution in [1.29, 1.82) is 0 Å². The number of benzene rings is 1. The highest BCUT2D eigenvalue weighted by Crippen LogP contribution is 2.44. The fourth-order valence-electron chi connectivity index (χ4n) is 2.65. The average Bonchev–Trinajstić information content (AvgIpc) is 3.11. The minimum absolute atomic E-state index is 0.587. The number of hydrogen-bond acceptors (Lipinski definition) is 2. The van der Waals surface area contributed by atoms with Crippen LogP contribution in [-0.4, -0.2) is 13.7 Å². The summed E-state index contributed by atoms with van der Waals surface area (Å²) in [4.78, 5) is 0. The lowest BCUT2D eigenvalue weighted by atomic mass is 9.91. The van der Waals surface area contributed by atoms with Gasteiger partial charge in [0.25, 0.3) is 0 Å². The first-order valence-corrected chi connectivity index (χ1v) is 5.79. The molecule has 0 bridgehead atoms. The molecular weight excluding hydrogens is 186 g/mol. The fraction of sp³-hybridized carbons (Fsp3) is 0.538. The Morgan fingerprint density at radius 2 is 2.20 bits per heavy atom. The zero-order valence-corrected chi connectivity index (χ0v) is 9.12. The molecule has 1 aliphatic carbocycles. The van der Waals surface area contributed by atoms with E-state index in [1.807, 2.05) is 0 Å². The lowest BCUT2D eigenvalue weighted by molar-refractivity contribution is 0.395. The highest BCUT2D eigenvalue weighted by atomic mass is 16.5. The van der Waals surface area contributed by atoms with Crippen molar-refractivity contribution in [3.05, 3.63) is 29.3 Å². The fourth-order valence-corrected chi connectivity index (χ4v) is 2.65. The van der Waals surface area contributed by atoms with E-state index in [0.717, 1.165) is 24.6 Å². The maximum absolute atomic E-state index is 5.43. The molecule has 1 saturated carbocycles. The van der Waals surface area contributed by atoms with Crippen LogP contribution in [0.1, 0.15) is 30.0 Å². The van der Waals surface area contributed by atoms with Gasteiger partial charge in [-0.05, 0) is 43.4 Å². The van der Waals surface area contributed by atoms with Crippen molar-refractivity contribution in [2.75, 3.05) is 13.7 Å². The van der Waals surface area contributed by atoms with Crippen LogP contribution < -0.4 is 10.1 Å². The number of ether oxygens (including phenoxy) is 1. The van der Waals surface area contributed by atoms with Gasteiger partial charge in [-0.2, -0.15) is 0 Å². The van der Waals surface area contributed by atoms with E-state index >= 15 is 0 Å². The van der Waals surface area contributed by atoms with Crippen LogP contribution in [0, 0.1) is 5.92 Å². The first kappa shape index (κ1) is 9.22. The Labute approximate surface area is 90.6 Å². The Bertz CT molecular complexity index is 371. The molecule has 80 valence electrons. The third-order valence-corrected chi connectivity index (χ3v) is 3.56. The lowest BCUT2D eigenvalue weighted by Gasteiger charge is -2.28. The lowest BCUT2D eigenvalue weighted by Crippen LogP contribution is -2.31. The summed E-state index contributed by atoms with van der Waals surface area (Å²) in [5.74, 6) is 1.94. The molecule has 0 radical (unpaired) electrons. The zero-order chi connectivity index (χ0) is 10.3. The molecule has 1 heterocycles. The van der Waals surface area contributed by atoms with Crippen molar-refractivity contribution >= 4 is 0 Å². The molecule has 2 aliphatic rings. The van der Waals surface area contributed by atoms with Gasteiger partial charge in [-0.1, -0.05) is 12.1 Å². The molecule has 1 N–H and O–H groups in total. The van der Waals surface area contributed by atoms with Gasteiger partial charge in [-0.15, -0.1) is 0 Å². The van der Waals surface area contributed by atoms with Gasteiger partial charge < -0.3 is 10.1 Å². The third-order valence-electron chi connectivity index (χ3n) is 3.56. The standard InChI is InChI=1S/C13H17NO/c1-15-12-4-2-3-11-10(12)7-8-14-13(11)9-5-6-9/h2-4,9,13-14H,5-8H2,1H3/t13-/m0/s1. The molecule has 1 aromatic carbocycles. The average molecular weight is 203 g/mol. The first-order valence-electron chi connectivity index (χ1n) is 5.79. The summed E-state index contributed by atoms with van der Waals surface area (Å²) in [5, 5.41) is 3.63. The monoisotopic (exact) mass is 203 g/mol. The van der Waals surface area contributed by atoms with E-state index in [0.29, 0.717) is 6.04 Å². The van der Waals surface area contributed by atoms with Gasteiger partial charge in [0.2, 0.25) is 0 Å². The van der Waals surface area contributed by atoms with Crippen molar-refractivity contribution in [3.8, 4) is 5.75 Å². The predicted octanol–water partition coefficient (Wildman–Crippen LogP) is 2.29. The molecular formula is C13H17NO. The summed E-state index contributed by atoms with van der Waals surface area (Å²) in [5.41, 5.74) is 2.90. The zero-order valence-electron chi connectivity index (χ0n) is 9.12. The normalized spacial score (nSPS) is 24.7. The van der Waals surface area contributed by atoms with Crippen molar-refractivity contribution in [2.45, 2.75) is 25.3 Å². The quantitative estimate of drug-likeness (QED) is 0.796. The van der Waals surface area contributed by atoms with Crippen molar-refractivity contribution in [3.63, 3.8) is 0 Å². The molecule has 15 heavy (non-hydrogen) atoms. The summed E-state index contributed by atoms with van der Waals surface area (Å²) in [6.45, 7) is 1.09. The van der Waals surface area contributed by atoms with Gasteiger partial charge in [0, 0.05) is 11.6 Å². The van der Waals surface area contributed by atoms with E-state index in [2.05, 4.69) is 23.5 Å². The second kappa shape index (κ2) is 3.53. The molecule has 0 spiro atoms. The Hall–Kier alpha value is -1.02. The maximum Gasteiger partial charge on any atom is 0.122 e. The highest BCUT2D eigenvalue weighted by molar-refractivity contribution is 5.44. The van der Waals surface area contributed by atoms with Gasteiger partial charge in [0.05, 0.1) is 7.11 Å². The van der Waals surface area contributed by atoms with Crippen molar-refractivity contribution in [2.24, 2.45) is 5.92 Å². The molecule has 1 aliphatic heterocycles. The van der Waals surface area contributed by atoms with Gasteiger partial charge in [0.1, 0.15) is 5.75 Å². The predicted molar refractivity (Wildman–Crippen MR) is 60.2 cm³/mol. The van der Waals surface area contributed by atoms with E-state index in [4.69, 9.17) is 4.74 Å². The van der Waals surface area contributed by atoms with E-state index in [-0.39, 0.29) is 0 Å². The van der Waals surface area contributed by atoms with Crippen LogP contribution in [0.3, 0.4) is 0 Å². The van der Waals surface area contributed by atoms with Gasteiger partial charge in [0.15, 0.2) is 0 Å². The molecule has 0 saturated heterocycles. The number of rotatable bonds is 2.